The maximum absolute atomic E-state index is 12.4. The number of nitrogens with zero attached hydrogens (tertiary/aromatic N) is 3. The molecule has 0 aliphatic heterocycles. The van der Waals surface area contributed by atoms with Gasteiger partial charge in [-0.05, 0) is 38.0 Å². The van der Waals surface area contributed by atoms with Crippen LogP contribution in [0.25, 0.3) is 11.4 Å². The first-order chi connectivity index (χ1) is 11.6. The van der Waals surface area contributed by atoms with Gasteiger partial charge in [-0.2, -0.15) is 5.10 Å². The molecule has 0 aliphatic rings. The summed E-state index contributed by atoms with van der Waals surface area (Å²) >= 11 is 1.40. The van der Waals surface area contributed by atoms with Gasteiger partial charge in [-0.15, -0.1) is 11.3 Å². The second kappa shape index (κ2) is 7.00. The molecule has 0 saturated carbocycles. The molecule has 0 radical (unpaired) electrons. The number of nitrogens with one attached hydrogen (secondary N) is 2. The molecule has 3 aromatic rings. The minimum atomic E-state index is -0.227. The molecule has 3 aromatic heterocycles. The van der Waals surface area contributed by atoms with Crippen LogP contribution in [0.5, 0.6) is 0 Å². The first kappa shape index (κ1) is 16.4. The van der Waals surface area contributed by atoms with Crippen molar-refractivity contribution in [2.24, 2.45) is 0 Å². The van der Waals surface area contributed by atoms with E-state index in [2.05, 4.69) is 34.2 Å². The second-order valence-electron chi connectivity index (χ2n) is 5.66. The molecule has 3 rings (SSSR count). The fourth-order valence-corrected chi connectivity index (χ4v) is 3.41. The first-order valence-electron chi connectivity index (χ1n) is 8.09. The van der Waals surface area contributed by atoms with Gasteiger partial charge in [-0.3, -0.25) is 14.8 Å². The molecule has 7 heteroatoms. The number of carbonyl (C=O) groups excluding carboxylic acids is 1. The quantitative estimate of drug-likeness (QED) is 0.702. The van der Waals surface area contributed by atoms with Crippen LogP contribution in [0.1, 0.15) is 48.9 Å². The molecule has 126 valence electrons. The van der Waals surface area contributed by atoms with Crippen LogP contribution in [0.4, 0.5) is 5.13 Å². The molecule has 0 aromatic carbocycles. The molecular formula is C17H21N5OS. The van der Waals surface area contributed by atoms with Crippen LogP contribution in [-0.2, 0) is 0 Å². The van der Waals surface area contributed by atoms with E-state index in [4.69, 9.17) is 0 Å². The number of rotatable bonds is 6. The topological polar surface area (TPSA) is 75.6 Å². The van der Waals surface area contributed by atoms with Gasteiger partial charge in [0, 0.05) is 17.3 Å². The Hall–Kier alpha value is -2.41. The lowest BCUT2D eigenvalue weighted by atomic mass is 10.2. The summed E-state index contributed by atoms with van der Waals surface area (Å²) in [7, 11) is 0. The second-order valence-corrected chi connectivity index (χ2v) is 6.52. The Kier molecular flexibility index (Phi) is 4.80. The fourth-order valence-electron chi connectivity index (χ4n) is 2.71. The maximum Gasteiger partial charge on any atom is 0.277 e. The molecule has 0 atom stereocenters. The molecule has 6 nitrogen and oxygen atoms in total. The largest absolute Gasteiger partial charge is 0.360 e. The number of aryl methyl sites for hydroxylation is 1. The standard InChI is InChI=1S/C17H21N5OS/c1-4-12(5-2)22-11(3)9-14(21-22)16(23)20-17-19-15(10-24-17)13-7-6-8-18-13/h6-10,12,18H,4-5H2,1-3H3,(H,19,20,23). The summed E-state index contributed by atoms with van der Waals surface area (Å²) in [6.07, 6.45) is 3.83. The summed E-state index contributed by atoms with van der Waals surface area (Å²) in [5.74, 6) is -0.227. The van der Waals surface area contributed by atoms with Crippen LogP contribution < -0.4 is 5.32 Å². The van der Waals surface area contributed by atoms with Crippen molar-refractivity contribution in [3.05, 3.63) is 41.2 Å². The van der Waals surface area contributed by atoms with Crippen molar-refractivity contribution in [2.45, 2.75) is 39.7 Å². The predicted molar refractivity (Wildman–Crippen MR) is 96.4 cm³/mol. The zero-order valence-corrected chi connectivity index (χ0v) is 14.9. The van der Waals surface area contributed by atoms with Crippen molar-refractivity contribution in [3.8, 4) is 11.4 Å². The Bertz CT molecular complexity index is 814. The van der Waals surface area contributed by atoms with E-state index in [-0.39, 0.29) is 5.91 Å². The zero-order chi connectivity index (χ0) is 17.1. The lowest BCUT2D eigenvalue weighted by Crippen LogP contribution is -2.15. The van der Waals surface area contributed by atoms with Gasteiger partial charge in [0.15, 0.2) is 10.8 Å². The van der Waals surface area contributed by atoms with Gasteiger partial charge < -0.3 is 4.98 Å². The van der Waals surface area contributed by atoms with E-state index < -0.39 is 0 Å². The number of aromatic nitrogens is 4. The Balaban J connectivity index is 1.75. The highest BCUT2D eigenvalue weighted by Gasteiger charge is 2.17. The van der Waals surface area contributed by atoms with E-state index in [0.717, 1.165) is 29.9 Å². The van der Waals surface area contributed by atoms with Gasteiger partial charge in [0.25, 0.3) is 5.91 Å². The Morgan fingerprint density at radius 1 is 1.42 bits per heavy atom. The van der Waals surface area contributed by atoms with Crippen LogP contribution >= 0.6 is 11.3 Å². The Labute approximate surface area is 144 Å². The summed E-state index contributed by atoms with van der Waals surface area (Å²) in [6, 6.07) is 6.01. The van der Waals surface area contributed by atoms with Gasteiger partial charge in [0.2, 0.25) is 0 Å². The van der Waals surface area contributed by atoms with E-state index in [1.54, 1.807) is 0 Å². The Morgan fingerprint density at radius 2 is 2.21 bits per heavy atom. The van der Waals surface area contributed by atoms with Crippen LogP contribution in [0.2, 0.25) is 0 Å². The average molecular weight is 343 g/mol. The minimum Gasteiger partial charge on any atom is -0.360 e. The SMILES string of the molecule is CCC(CC)n1nc(C(=O)Nc2nc(-c3ccc[nH]3)cs2)cc1C. The third-order valence-electron chi connectivity index (χ3n) is 4.04. The number of H-pyrrole nitrogens is 1. The molecule has 0 fully saturated rings. The highest BCUT2D eigenvalue weighted by atomic mass is 32.1. The number of thiazole rings is 1. The van der Waals surface area contributed by atoms with E-state index in [1.165, 1.54) is 11.3 Å². The van der Waals surface area contributed by atoms with E-state index >= 15 is 0 Å². The number of carbonyl (C=O) groups is 1. The van der Waals surface area contributed by atoms with Gasteiger partial charge in [-0.1, -0.05) is 13.8 Å². The van der Waals surface area contributed by atoms with Crippen LogP contribution in [-0.4, -0.2) is 25.7 Å². The first-order valence-corrected chi connectivity index (χ1v) is 8.97. The predicted octanol–water partition coefficient (Wildman–Crippen LogP) is 4.26. The average Bonchev–Trinajstić information content (AvgIpc) is 3.29. The molecule has 0 unspecified atom stereocenters. The minimum absolute atomic E-state index is 0.227. The smallest absolute Gasteiger partial charge is 0.277 e. The molecule has 2 N–H and O–H groups in total. The van der Waals surface area contributed by atoms with E-state index in [1.807, 2.05) is 41.4 Å². The Morgan fingerprint density at radius 3 is 2.88 bits per heavy atom. The monoisotopic (exact) mass is 343 g/mol. The van der Waals surface area contributed by atoms with Crippen molar-refractivity contribution in [1.29, 1.82) is 0 Å². The summed E-state index contributed by atoms with van der Waals surface area (Å²) in [4.78, 5) is 20.0. The normalized spacial score (nSPS) is 11.2. The summed E-state index contributed by atoms with van der Waals surface area (Å²) in [6.45, 7) is 6.24. The molecular weight excluding hydrogens is 322 g/mol. The third kappa shape index (κ3) is 3.26. The van der Waals surface area contributed by atoms with Crippen LogP contribution in [0.3, 0.4) is 0 Å². The zero-order valence-electron chi connectivity index (χ0n) is 14.0. The van der Waals surface area contributed by atoms with Crippen LogP contribution in [0, 0.1) is 6.92 Å². The van der Waals surface area contributed by atoms with Crippen molar-refractivity contribution in [1.82, 2.24) is 19.7 Å². The van der Waals surface area contributed by atoms with Gasteiger partial charge in [0.05, 0.1) is 17.4 Å². The van der Waals surface area contributed by atoms with E-state index in [0.29, 0.717) is 16.9 Å². The summed E-state index contributed by atoms with van der Waals surface area (Å²) in [5.41, 5.74) is 3.18. The van der Waals surface area contributed by atoms with Crippen molar-refractivity contribution in [3.63, 3.8) is 0 Å². The van der Waals surface area contributed by atoms with Crippen molar-refractivity contribution < 1.29 is 4.79 Å². The highest BCUT2D eigenvalue weighted by molar-refractivity contribution is 7.14. The van der Waals surface area contributed by atoms with Gasteiger partial charge >= 0.3 is 0 Å². The molecule has 0 bridgehead atoms. The molecule has 0 saturated heterocycles. The number of hydrogen-bond acceptors (Lipinski definition) is 4. The van der Waals surface area contributed by atoms with Gasteiger partial charge in [-0.25, -0.2) is 4.98 Å². The lowest BCUT2D eigenvalue weighted by Gasteiger charge is -2.14. The molecule has 1 amide bonds. The molecule has 3 heterocycles. The molecule has 0 spiro atoms. The lowest BCUT2D eigenvalue weighted by molar-refractivity contribution is 0.102. The van der Waals surface area contributed by atoms with Crippen LogP contribution in [0.15, 0.2) is 29.8 Å². The summed E-state index contributed by atoms with van der Waals surface area (Å²) in [5, 5.41) is 9.80. The van der Waals surface area contributed by atoms with Gasteiger partial charge in [0.1, 0.15) is 0 Å². The van der Waals surface area contributed by atoms with Crippen molar-refractivity contribution >= 4 is 22.4 Å². The number of amides is 1. The third-order valence-corrected chi connectivity index (χ3v) is 4.80. The van der Waals surface area contributed by atoms with Crippen molar-refractivity contribution in [2.75, 3.05) is 5.32 Å². The number of anilines is 1. The summed E-state index contributed by atoms with van der Waals surface area (Å²) < 4.78 is 1.95. The number of hydrogen-bond donors (Lipinski definition) is 2. The highest BCUT2D eigenvalue weighted by Crippen LogP contribution is 2.24. The molecule has 24 heavy (non-hydrogen) atoms. The maximum atomic E-state index is 12.4. The molecule has 0 aliphatic carbocycles. The van der Waals surface area contributed by atoms with E-state index in [9.17, 15) is 4.79 Å². The number of aromatic amines is 1. The fraction of sp³-hybridized carbons (Fsp3) is 0.353.